The maximum Gasteiger partial charge on any atom is 0.266 e. The van der Waals surface area contributed by atoms with Crippen molar-refractivity contribution in [2.75, 3.05) is 12.4 Å². The monoisotopic (exact) mass is 498 g/mol. The first-order valence-electron chi connectivity index (χ1n) is 9.19. The van der Waals surface area contributed by atoms with E-state index in [1.807, 2.05) is 30.3 Å². The Hall–Kier alpha value is -3.14. The molecule has 31 heavy (non-hydrogen) atoms. The number of nitrogens with zero attached hydrogens (tertiary/aromatic N) is 1. The average Bonchev–Trinajstić information content (AvgIpc) is 2.76. The SMILES string of the molecule is COc1cc(/C=C(\C#N)C(=O)Nc2ccc(F)cc2)cc(Cl)c1Cc1ccccc1Br. The van der Waals surface area contributed by atoms with Gasteiger partial charge in [0.2, 0.25) is 0 Å². The third-order valence-corrected chi connectivity index (χ3v) is 5.61. The number of ether oxygens (including phenoxy) is 1. The van der Waals surface area contributed by atoms with Crippen LogP contribution < -0.4 is 10.1 Å². The fourth-order valence-corrected chi connectivity index (χ4v) is 3.66. The lowest BCUT2D eigenvalue weighted by Crippen LogP contribution is -2.13. The normalized spacial score (nSPS) is 11.0. The minimum absolute atomic E-state index is 0.124. The second-order valence-corrected chi connectivity index (χ2v) is 7.84. The molecule has 0 aromatic heterocycles. The summed E-state index contributed by atoms with van der Waals surface area (Å²) < 4.78 is 19.5. The summed E-state index contributed by atoms with van der Waals surface area (Å²) in [7, 11) is 1.54. The Balaban J connectivity index is 1.89. The average molecular weight is 500 g/mol. The maximum absolute atomic E-state index is 13.0. The van der Waals surface area contributed by atoms with Gasteiger partial charge in [-0.25, -0.2) is 4.39 Å². The number of amides is 1. The van der Waals surface area contributed by atoms with Crippen molar-refractivity contribution in [1.29, 1.82) is 5.26 Å². The number of anilines is 1. The maximum atomic E-state index is 13.0. The molecular weight excluding hydrogens is 483 g/mol. The molecule has 0 spiro atoms. The lowest BCUT2D eigenvalue weighted by atomic mass is 10.0. The Labute approximate surface area is 193 Å². The number of methoxy groups -OCH3 is 1. The van der Waals surface area contributed by atoms with Crippen LogP contribution in [0.2, 0.25) is 5.02 Å². The van der Waals surface area contributed by atoms with Gasteiger partial charge in [-0.1, -0.05) is 45.7 Å². The predicted octanol–water partition coefficient (Wildman–Crippen LogP) is 6.39. The second kappa shape index (κ2) is 10.3. The third kappa shape index (κ3) is 5.72. The van der Waals surface area contributed by atoms with E-state index in [1.54, 1.807) is 12.1 Å². The van der Waals surface area contributed by atoms with Gasteiger partial charge in [-0.3, -0.25) is 4.79 Å². The molecule has 0 aliphatic carbocycles. The Morgan fingerprint density at radius 2 is 1.94 bits per heavy atom. The molecule has 4 nitrogen and oxygen atoms in total. The molecule has 0 bridgehead atoms. The highest BCUT2D eigenvalue weighted by atomic mass is 79.9. The second-order valence-electron chi connectivity index (χ2n) is 6.58. The van der Waals surface area contributed by atoms with E-state index in [0.717, 1.165) is 15.6 Å². The highest BCUT2D eigenvalue weighted by Crippen LogP contribution is 2.33. The lowest BCUT2D eigenvalue weighted by molar-refractivity contribution is -0.112. The standard InChI is InChI=1S/C24H17BrClFN2O2/c1-31-23-12-15(11-22(26)20(23)13-16-4-2-3-5-21(16)25)10-17(14-28)24(30)29-19-8-6-18(27)7-9-19/h2-12H,13H2,1H3,(H,29,30)/b17-10+. The van der Waals surface area contributed by atoms with Crippen molar-refractivity contribution in [1.82, 2.24) is 0 Å². The molecule has 0 fully saturated rings. The molecule has 0 aliphatic rings. The fraction of sp³-hybridized carbons (Fsp3) is 0.0833. The smallest absolute Gasteiger partial charge is 0.266 e. The Kier molecular flexibility index (Phi) is 7.45. The van der Waals surface area contributed by atoms with E-state index < -0.39 is 11.7 Å². The van der Waals surface area contributed by atoms with Crippen molar-refractivity contribution >= 4 is 45.2 Å². The molecular formula is C24H17BrClFN2O2. The molecule has 1 amide bonds. The molecule has 0 heterocycles. The molecule has 3 rings (SSSR count). The number of carbonyl (C=O) groups excluding carboxylic acids is 1. The van der Waals surface area contributed by atoms with Gasteiger partial charge in [-0.05, 0) is 59.7 Å². The van der Waals surface area contributed by atoms with E-state index in [2.05, 4.69) is 21.2 Å². The van der Waals surface area contributed by atoms with E-state index in [-0.39, 0.29) is 5.57 Å². The van der Waals surface area contributed by atoms with Crippen LogP contribution in [0.3, 0.4) is 0 Å². The highest BCUT2D eigenvalue weighted by molar-refractivity contribution is 9.10. The van der Waals surface area contributed by atoms with Crippen LogP contribution in [0, 0.1) is 17.1 Å². The van der Waals surface area contributed by atoms with Crippen molar-refractivity contribution < 1.29 is 13.9 Å². The molecule has 3 aromatic carbocycles. The topological polar surface area (TPSA) is 62.1 Å². The van der Waals surface area contributed by atoms with Gasteiger partial charge >= 0.3 is 0 Å². The van der Waals surface area contributed by atoms with Crippen LogP contribution in [-0.4, -0.2) is 13.0 Å². The summed E-state index contributed by atoms with van der Waals surface area (Å²) in [5.74, 6) is -0.481. The molecule has 0 saturated heterocycles. The molecule has 0 radical (unpaired) electrons. The van der Waals surface area contributed by atoms with Crippen LogP contribution >= 0.6 is 27.5 Å². The molecule has 0 atom stereocenters. The molecule has 7 heteroatoms. The van der Waals surface area contributed by atoms with Gasteiger partial charge in [0.1, 0.15) is 23.2 Å². The molecule has 0 saturated carbocycles. The molecule has 0 aliphatic heterocycles. The van der Waals surface area contributed by atoms with Gasteiger partial charge in [0, 0.05) is 27.2 Å². The largest absolute Gasteiger partial charge is 0.496 e. The van der Waals surface area contributed by atoms with Crippen molar-refractivity contribution in [3.05, 3.63) is 98.2 Å². The quantitative estimate of drug-likeness (QED) is 0.316. The van der Waals surface area contributed by atoms with Gasteiger partial charge in [-0.15, -0.1) is 0 Å². The zero-order valence-corrected chi connectivity index (χ0v) is 18.8. The number of nitriles is 1. The molecule has 156 valence electrons. The van der Waals surface area contributed by atoms with E-state index in [0.29, 0.717) is 28.4 Å². The van der Waals surface area contributed by atoms with Crippen molar-refractivity contribution in [3.8, 4) is 11.8 Å². The highest BCUT2D eigenvalue weighted by Gasteiger charge is 2.14. The Morgan fingerprint density at radius 1 is 1.23 bits per heavy atom. The fourth-order valence-electron chi connectivity index (χ4n) is 2.95. The summed E-state index contributed by atoms with van der Waals surface area (Å²) in [6, 6.07) is 18.4. The molecule has 3 aromatic rings. The van der Waals surface area contributed by atoms with Crippen molar-refractivity contribution in [2.24, 2.45) is 0 Å². The summed E-state index contributed by atoms with van der Waals surface area (Å²) in [5, 5.41) is 12.5. The zero-order valence-electron chi connectivity index (χ0n) is 16.5. The number of nitrogens with one attached hydrogen (secondary N) is 1. The molecule has 0 unspecified atom stereocenters. The van der Waals surface area contributed by atoms with Crippen LogP contribution in [0.25, 0.3) is 6.08 Å². The summed E-state index contributed by atoms with van der Waals surface area (Å²) in [6.07, 6.45) is 1.97. The van der Waals surface area contributed by atoms with Crippen molar-refractivity contribution in [3.63, 3.8) is 0 Å². The lowest BCUT2D eigenvalue weighted by Gasteiger charge is -2.13. The minimum atomic E-state index is -0.610. The number of benzene rings is 3. The number of carbonyl (C=O) groups is 1. The van der Waals surface area contributed by atoms with Gasteiger partial charge in [0.25, 0.3) is 5.91 Å². The van der Waals surface area contributed by atoms with Gasteiger partial charge in [0.15, 0.2) is 0 Å². The van der Waals surface area contributed by atoms with Crippen LogP contribution in [0.5, 0.6) is 5.75 Å². The van der Waals surface area contributed by atoms with E-state index >= 15 is 0 Å². The van der Waals surface area contributed by atoms with E-state index in [4.69, 9.17) is 16.3 Å². The van der Waals surface area contributed by atoms with Crippen LogP contribution in [0.15, 0.2) is 70.7 Å². The van der Waals surface area contributed by atoms with Crippen molar-refractivity contribution in [2.45, 2.75) is 6.42 Å². The third-order valence-electron chi connectivity index (χ3n) is 4.50. The summed E-state index contributed by atoms with van der Waals surface area (Å²) >= 11 is 10.1. The molecule has 1 N–H and O–H groups in total. The van der Waals surface area contributed by atoms with Gasteiger partial charge in [-0.2, -0.15) is 5.26 Å². The van der Waals surface area contributed by atoms with E-state index in [9.17, 15) is 14.4 Å². The summed E-state index contributed by atoms with van der Waals surface area (Å²) in [6.45, 7) is 0. The van der Waals surface area contributed by atoms with Crippen LogP contribution in [0.1, 0.15) is 16.7 Å². The number of hydrogen-bond acceptors (Lipinski definition) is 3. The van der Waals surface area contributed by atoms with Crippen LogP contribution in [-0.2, 0) is 11.2 Å². The Morgan fingerprint density at radius 3 is 2.58 bits per heavy atom. The number of rotatable bonds is 6. The Bertz CT molecular complexity index is 1190. The van der Waals surface area contributed by atoms with E-state index in [1.165, 1.54) is 37.5 Å². The van der Waals surface area contributed by atoms with Gasteiger partial charge < -0.3 is 10.1 Å². The first kappa shape index (κ1) is 22.5. The zero-order chi connectivity index (χ0) is 22.4. The first-order chi connectivity index (χ1) is 14.9. The summed E-state index contributed by atoms with van der Waals surface area (Å²) in [4.78, 5) is 12.5. The first-order valence-corrected chi connectivity index (χ1v) is 10.4. The number of halogens is 3. The van der Waals surface area contributed by atoms with Gasteiger partial charge in [0.05, 0.1) is 7.11 Å². The number of hydrogen-bond donors (Lipinski definition) is 1. The summed E-state index contributed by atoms with van der Waals surface area (Å²) in [5.41, 5.74) is 2.64. The minimum Gasteiger partial charge on any atom is -0.496 e. The van der Waals surface area contributed by atoms with Crippen LogP contribution in [0.4, 0.5) is 10.1 Å². The predicted molar refractivity (Wildman–Crippen MR) is 124 cm³/mol.